The Balaban J connectivity index is 1.79. The SMILES string of the molecule is CC(O)c1ncccc1C(=O)N1CCSCC1COc1cccc(O)c1C=O. The predicted molar refractivity (Wildman–Crippen MR) is 106 cm³/mol. The topological polar surface area (TPSA) is 100.0 Å². The number of hydrogen-bond acceptors (Lipinski definition) is 7. The highest BCUT2D eigenvalue weighted by atomic mass is 32.2. The second-order valence-electron chi connectivity index (χ2n) is 6.46. The van der Waals surface area contributed by atoms with Gasteiger partial charge in [-0.15, -0.1) is 0 Å². The predicted octanol–water partition coefficient (Wildman–Crippen LogP) is 2.29. The molecule has 0 spiro atoms. The average molecular weight is 402 g/mol. The number of aromatic nitrogens is 1. The third kappa shape index (κ3) is 4.28. The molecule has 1 aromatic carbocycles. The van der Waals surface area contributed by atoms with Crippen molar-refractivity contribution in [2.24, 2.45) is 0 Å². The number of rotatable bonds is 6. The van der Waals surface area contributed by atoms with Gasteiger partial charge in [0.2, 0.25) is 0 Å². The minimum absolute atomic E-state index is 0.0903. The van der Waals surface area contributed by atoms with E-state index < -0.39 is 6.10 Å². The molecule has 8 heteroatoms. The zero-order valence-electron chi connectivity index (χ0n) is 15.4. The Hall–Kier alpha value is -2.58. The molecule has 7 nitrogen and oxygen atoms in total. The molecule has 0 saturated carbocycles. The second kappa shape index (κ2) is 9.07. The molecule has 1 fully saturated rings. The van der Waals surface area contributed by atoms with Gasteiger partial charge < -0.3 is 19.8 Å². The van der Waals surface area contributed by atoms with Crippen LogP contribution in [0.25, 0.3) is 0 Å². The number of aromatic hydroxyl groups is 1. The van der Waals surface area contributed by atoms with Crippen LogP contribution in [0.5, 0.6) is 11.5 Å². The van der Waals surface area contributed by atoms with Crippen molar-refractivity contribution in [2.45, 2.75) is 19.1 Å². The molecule has 28 heavy (non-hydrogen) atoms. The van der Waals surface area contributed by atoms with Crippen LogP contribution >= 0.6 is 11.8 Å². The molecule has 0 radical (unpaired) electrons. The van der Waals surface area contributed by atoms with Crippen molar-refractivity contribution < 1.29 is 24.5 Å². The first-order valence-electron chi connectivity index (χ1n) is 8.94. The number of aliphatic hydroxyl groups is 1. The Bertz CT molecular complexity index is 858. The van der Waals surface area contributed by atoms with Crippen molar-refractivity contribution in [2.75, 3.05) is 24.7 Å². The molecule has 148 valence electrons. The number of aliphatic hydroxyl groups excluding tert-OH is 1. The summed E-state index contributed by atoms with van der Waals surface area (Å²) in [6.07, 6.45) is 1.25. The molecular weight excluding hydrogens is 380 g/mol. The first-order chi connectivity index (χ1) is 13.5. The minimum Gasteiger partial charge on any atom is -0.507 e. The van der Waals surface area contributed by atoms with Crippen LogP contribution in [0.4, 0.5) is 0 Å². The Kier molecular flexibility index (Phi) is 6.53. The van der Waals surface area contributed by atoms with Gasteiger partial charge in [0.25, 0.3) is 5.91 Å². The van der Waals surface area contributed by atoms with Crippen molar-refractivity contribution in [3.63, 3.8) is 0 Å². The summed E-state index contributed by atoms with van der Waals surface area (Å²) in [6.45, 7) is 2.31. The Morgan fingerprint density at radius 3 is 3.00 bits per heavy atom. The van der Waals surface area contributed by atoms with Gasteiger partial charge in [0.05, 0.1) is 29.0 Å². The zero-order valence-corrected chi connectivity index (χ0v) is 16.3. The molecule has 1 aliphatic rings. The number of aldehydes is 1. The fourth-order valence-corrected chi connectivity index (χ4v) is 4.15. The largest absolute Gasteiger partial charge is 0.507 e. The van der Waals surface area contributed by atoms with E-state index in [2.05, 4.69) is 4.98 Å². The zero-order chi connectivity index (χ0) is 20.1. The molecule has 1 aromatic heterocycles. The number of hydrogen-bond donors (Lipinski definition) is 2. The normalized spacial score (nSPS) is 17.8. The molecule has 0 bridgehead atoms. The highest BCUT2D eigenvalue weighted by Crippen LogP contribution is 2.27. The van der Waals surface area contributed by atoms with Crippen molar-refractivity contribution in [1.29, 1.82) is 0 Å². The van der Waals surface area contributed by atoms with Crippen LogP contribution in [0.1, 0.15) is 39.4 Å². The summed E-state index contributed by atoms with van der Waals surface area (Å²) in [6, 6.07) is 7.75. The Labute approximate surface area is 167 Å². The molecule has 1 saturated heterocycles. The molecule has 2 atom stereocenters. The van der Waals surface area contributed by atoms with Gasteiger partial charge in [0, 0.05) is 24.2 Å². The maximum Gasteiger partial charge on any atom is 0.256 e. The van der Waals surface area contributed by atoms with E-state index in [1.54, 1.807) is 54.0 Å². The van der Waals surface area contributed by atoms with E-state index in [1.807, 2.05) is 0 Å². The number of nitrogens with zero attached hydrogens (tertiary/aromatic N) is 2. The van der Waals surface area contributed by atoms with Gasteiger partial charge in [-0.05, 0) is 31.2 Å². The molecule has 2 N–H and O–H groups in total. The third-order valence-corrected chi connectivity index (χ3v) is 5.64. The van der Waals surface area contributed by atoms with Gasteiger partial charge in [0.1, 0.15) is 18.1 Å². The standard InChI is InChI=1S/C20H22N2O5S/c1-13(24)19-15(4-3-7-21-19)20(26)22-8-9-28-12-14(22)11-27-18-6-2-5-17(25)16(18)10-23/h2-7,10,13-14,24-25H,8-9,11-12H2,1H3. The lowest BCUT2D eigenvalue weighted by atomic mass is 10.1. The lowest BCUT2D eigenvalue weighted by molar-refractivity contribution is 0.0640. The minimum atomic E-state index is -0.851. The molecular formula is C20H22N2O5S. The monoisotopic (exact) mass is 402 g/mol. The average Bonchev–Trinajstić information content (AvgIpc) is 2.72. The number of thioether (sulfide) groups is 1. The molecule has 2 heterocycles. The number of pyridine rings is 1. The fraction of sp³-hybridized carbons (Fsp3) is 0.350. The number of amides is 1. The Morgan fingerprint density at radius 2 is 2.25 bits per heavy atom. The maximum absolute atomic E-state index is 13.1. The van der Waals surface area contributed by atoms with Gasteiger partial charge in [-0.25, -0.2) is 0 Å². The molecule has 0 aliphatic carbocycles. The van der Waals surface area contributed by atoms with E-state index in [4.69, 9.17) is 4.74 Å². The lowest BCUT2D eigenvalue weighted by Crippen LogP contribution is -2.49. The van der Waals surface area contributed by atoms with E-state index in [-0.39, 0.29) is 35.6 Å². The lowest BCUT2D eigenvalue weighted by Gasteiger charge is -2.35. The first kappa shape index (κ1) is 20.2. The van der Waals surface area contributed by atoms with E-state index in [9.17, 15) is 19.8 Å². The number of carbonyl (C=O) groups is 2. The Morgan fingerprint density at radius 1 is 1.43 bits per heavy atom. The van der Waals surface area contributed by atoms with Crippen molar-refractivity contribution in [3.05, 3.63) is 53.3 Å². The first-order valence-corrected chi connectivity index (χ1v) is 10.1. The fourth-order valence-electron chi connectivity index (χ4n) is 3.11. The van der Waals surface area contributed by atoms with Crippen LogP contribution in [0.15, 0.2) is 36.5 Å². The molecule has 3 rings (SSSR count). The quantitative estimate of drug-likeness (QED) is 0.715. The number of carbonyl (C=O) groups excluding carboxylic acids is 2. The van der Waals surface area contributed by atoms with Crippen molar-refractivity contribution >= 4 is 24.0 Å². The summed E-state index contributed by atoms with van der Waals surface area (Å²) in [7, 11) is 0. The number of phenolic OH excluding ortho intramolecular Hbond substituents is 1. The summed E-state index contributed by atoms with van der Waals surface area (Å²) in [5, 5.41) is 19.7. The van der Waals surface area contributed by atoms with Crippen LogP contribution in [0, 0.1) is 0 Å². The summed E-state index contributed by atoms with van der Waals surface area (Å²) in [5.74, 6) is 1.42. The van der Waals surface area contributed by atoms with E-state index in [0.29, 0.717) is 29.8 Å². The molecule has 1 amide bonds. The summed E-state index contributed by atoms with van der Waals surface area (Å²) in [4.78, 5) is 30.2. The van der Waals surface area contributed by atoms with Gasteiger partial charge in [-0.2, -0.15) is 11.8 Å². The van der Waals surface area contributed by atoms with Gasteiger partial charge in [-0.3, -0.25) is 14.6 Å². The summed E-state index contributed by atoms with van der Waals surface area (Å²) < 4.78 is 5.78. The third-order valence-electron chi connectivity index (χ3n) is 4.55. The number of benzene rings is 1. The molecule has 1 aliphatic heterocycles. The highest BCUT2D eigenvalue weighted by molar-refractivity contribution is 7.99. The van der Waals surface area contributed by atoms with Gasteiger partial charge >= 0.3 is 0 Å². The van der Waals surface area contributed by atoms with Gasteiger partial charge in [-0.1, -0.05) is 6.07 Å². The van der Waals surface area contributed by atoms with Gasteiger partial charge in [0.15, 0.2) is 6.29 Å². The van der Waals surface area contributed by atoms with Crippen molar-refractivity contribution in [1.82, 2.24) is 9.88 Å². The smallest absolute Gasteiger partial charge is 0.256 e. The number of ether oxygens (including phenoxy) is 1. The van der Waals surface area contributed by atoms with Crippen LogP contribution in [0.3, 0.4) is 0 Å². The number of phenols is 1. The van der Waals surface area contributed by atoms with E-state index >= 15 is 0 Å². The summed E-state index contributed by atoms with van der Waals surface area (Å²) >= 11 is 1.72. The summed E-state index contributed by atoms with van der Waals surface area (Å²) in [5.41, 5.74) is 0.814. The van der Waals surface area contributed by atoms with E-state index in [1.165, 1.54) is 6.07 Å². The highest BCUT2D eigenvalue weighted by Gasteiger charge is 2.30. The van der Waals surface area contributed by atoms with Crippen LogP contribution in [-0.2, 0) is 0 Å². The molecule has 2 aromatic rings. The van der Waals surface area contributed by atoms with E-state index in [0.717, 1.165) is 5.75 Å². The van der Waals surface area contributed by atoms with Crippen LogP contribution in [-0.4, -0.2) is 63.0 Å². The maximum atomic E-state index is 13.1. The van der Waals surface area contributed by atoms with Crippen molar-refractivity contribution in [3.8, 4) is 11.5 Å². The molecule has 2 unspecified atom stereocenters. The second-order valence-corrected chi connectivity index (χ2v) is 7.61. The van der Waals surface area contributed by atoms with Crippen LogP contribution < -0.4 is 4.74 Å². The van der Waals surface area contributed by atoms with Crippen LogP contribution in [0.2, 0.25) is 0 Å².